The molecule has 0 saturated carbocycles. The van der Waals surface area contributed by atoms with E-state index in [9.17, 15) is 20.2 Å². The third kappa shape index (κ3) is 4.48. The molecule has 38 heavy (non-hydrogen) atoms. The molecule has 186 valence electrons. The largest absolute Gasteiger partial charge is 0.269 e. The van der Waals surface area contributed by atoms with Gasteiger partial charge in [0.15, 0.2) is 0 Å². The number of non-ortho nitro benzene ring substituents is 2. The number of hydrogen-bond donors (Lipinski definition) is 0. The summed E-state index contributed by atoms with van der Waals surface area (Å²) in [6, 6.07) is 28.7. The van der Waals surface area contributed by atoms with Crippen molar-refractivity contribution in [2.24, 2.45) is 9.98 Å². The van der Waals surface area contributed by atoms with Crippen LogP contribution in [-0.4, -0.2) is 31.8 Å². The van der Waals surface area contributed by atoms with Crippen LogP contribution in [0.15, 0.2) is 117 Å². The van der Waals surface area contributed by atoms with Crippen molar-refractivity contribution in [1.82, 2.24) is 0 Å². The third-order valence-corrected chi connectivity index (χ3v) is 9.15. The monoisotopic (exact) mass is 538 g/mol. The van der Waals surface area contributed by atoms with Crippen molar-refractivity contribution < 1.29 is 9.85 Å². The molecule has 0 fully saturated rings. The Morgan fingerprint density at radius 3 is 1.29 bits per heavy atom. The molecule has 0 aromatic heterocycles. The van der Waals surface area contributed by atoms with Crippen molar-refractivity contribution >= 4 is 57.7 Å². The molecule has 0 spiro atoms. The summed E-state index contributed by atoms with van der Waals surface area (Å²) in [5.41, 5.74) is 4.92. The number of nitrogens with zero attached hydrogens (tertiary/aromatic N) is 4. The van der Waals surface area contributed by atoms with Gasteiger partial charge >= 0.3 is 0 Å². The predicted molar refractivity (Wildman–Crippen MR) is 151 cm³/mol. The average Bonchev–Trinajstić information content (AvgIpc) is 2.96. The highest BCUT2D eigenvalue weighted by Crippen LogP contribution is 2.48. The number of thioether (sulfide) groups is 2. The topological polar surface area (TPSA) is 111 Å². The van der Waals surface area contributed by atoms with Crippen LogP contribution in [0.2, 0.25) is 0 Å². The van der Waals surface area contributed by atoms with E-state index < -0.39 is 9.85 Å². The minimum atomic E-state index is -0.415. The van der Waals surface area contributed by atoms with Crippen molar-refractivity contribution in [2.75, 3.05) is 0 Å². The highest BCUT2D eigenvalue weighted by molar-refractivity contribution is 8.05. The Balaban J connectivity index is 1.49. The van der Waals surface area contributed by atoms with Crippen LogP contribution in [0.25, 0.3) is 0 Å². The quantitative estimate of drug-likeness (QED) is 0.193. The van der Waals surface area contributed by atoms with Gasteiger partial charge in [-0.05, 0) is 59.7 Å². The molecule has 2 heterocycles. The van der Waals surface area contributed by atoms with E-state index in [4.69, 9.17) is 9.98 Å². The molecule has 8 nitrogen and oxygen atoms in total. The first-order chi connectivity index (χ1) is 18.5. The SMILES string of the molecule is O=[N+]([O-])c1ccc(C2=Nc3ccccc3SC2C2Sc3ccccc3N=C2c2ccc([N+](=O)[O-])cc2)cc1. The Hall–Kier alpha value is -4.28. The van der Waals surface area contributed by atoms with Gasteiger partial charge in [-0.3, -0.25) is 30.2 Å². The molecule has 0 amide bonds. The van der Waals surface area contributed by atoms with Crippen molar-refractivity contribution in [1.29, 1.82) is 0 Å². The maximum Gasteiger partial charge on any atom is 0.269 e. The molecule has 4 aromatic rings. The zero-order valence-corrected chi connectivity index (χ0v) is 21.3. The Morgan fingerprint density at radius 1 is 0.553 bits per heavy atom. The lowest BCUT2D eigenvalue weighted by Crippen LogP contribution is -2.38. The summed E-state index contributed by atoms with van der Waals surface area (Å²) in [6.45, 7) is 0. The average molecular weight is 539 g/mol. The molecule has 0 aliphatic carbocycles. The van der Waals surface area contributed by atoms with E-state index in [1.807, 2.05) is 48.5 Å². The minimum absolute atomic E-state index is 0.0175. The summed E-state index contributed by atoms with van der Waals surface area (Å²) in [4.78, 5) is 33.8. The molecule has 2 unspecified atom stereocenters. The first-order valence-electron chi connectivity index (χ1n) is 11.7. The van der Waals surface area contributed by atoms with E-state index in [0.29, 0.717) is 0 Å². The zero-order valence-electron chi connectivity index (χ0n) is 19.6. The second-order valence-corrected chi connectivity index (χ2v) is 11.0. The summed E-state index contributed by atoms with van der Waals surface area (Å²) in [7, 11) is 0. The van der Waals surface area contributed by atoms with Gasteiger partial charge in [0.1, 0.15) is 0 Å². The molecular formula is C28H18N4O4S2. The standard InChI is InChI=1S/C28H18N4O4S2/c33-31(34)19-13-9-17(10-14-19)25-27(37-23-7-3-1-5-21(23)29-25)28-26(18-11-15-20(16-12-18)32(35)36)30-22-6-2-4-8-24(22)38-28/h1-16,27-28H. The summed E-state index contributed by atoms with van der Waals surface area (Å²) < 4.78 is 0. The van der Waals surface area contributed by atoms with Gasteiger partial charge in [-0.2, -0.15) is 0 Å². The highest BCUT2D eigenvalue weighted by Gasteiger charge is 2.38. The van der Waals surface area contributed by atoms with Crippen LogP contribution in [0, 0.1) is 20.2 Å². The number of hydrogen-bond acceptors (Lipinski definition) is 8. The second-order valence-electron chi connectivity index (χ2n) is 8.61. The molecule has 10 heteroatoms. The zero-order chi connectivity index (χ0) is 26.2. The fraction of sp³-hybridized carbons (Fsp3) is 0.0714. The molecular weight excluding hydrogens is 520 g/mol. The number of nitro groups is 2. The molecule has 0 radical (unpaired) electrons. The normalized spacial score (nSPS) is 18.0. The molecule has 0 saturated heterocycles. The van der Waals surface area contributed by atoms with E-state index in [0.717, 1.165) is 43.7 Å². The first-order valence-corrected chi connectivity index (χ1v) is 13.4. The Morgan fingerprint density at radius 2 is 0.921 bits per heavy atom. The lowest BCUT2D eigenvalue weighted by molar-refractivity contribution is -0.385. The number of benzene rings is 4. The summed E-state index contributed by atoms with van der Waals surface area (Å²) in [5.74, 6) is 0. The van der Waals surface area contributed by atoms with Gasteiger partial charge in [0.25, 0.3) is 11.4 Å². The molecule has 2 aliphatic rings. The van der Waals surface area contributed by atoms with Gasteiger partial charge in [-0.15, -0.1) is 23.5 Å². The van der Waals surface area contributed by atoms with Crippen molar-refractivity contribution in [3.63, 3.8) is 0 Å². The van der Waals surface area contributed by atoms with Crippen LogP contribution in [0.1, 0.15) is 11.1 Å². The van der Waals surface area contributed by atoms with Crippen LogP contribution >= 0.6 is 23.5 Å². The van der Waals surface area contributed by atoms with Gasteiger partial charge in [0.2, 0.25) is 0 Å². The molecule has 2 atom stereocenters. The van der Waals surface area contributed by atoms with Crippen LogP contribution < -0.4 is 0 Å². The van der Waals surface area contributed by atoms with Crippen molar-refractivity contribution in [3.8, 4) is 0 Å². The maximum absolute atomic E-state index is 11.3. The van der Waals surface area contributed by atoms with E-state index in [1.165, 1.54) is 24.3 Å². The third-order valence-electron chi connectivity index (χ3n) is 6.28. The second kappa shape index (κ2) is 9.88. The van der Waals surface area contributed by atoms with Crippen molar-refractivity contribution in [2.45, 2.75) is 20.3 Å². The minimum Gasteiger partial charge on any atom is -0.258 e. The molecule has 6 rings (SSSR count). The number of fused-ring (bicyclic) bond motifs is 2. The van der Waals surface area contributed by atoms with Crippen molar-refractivity contribution in [3.05, 3.63) is 128 Å². The lowest BCUT2D eigenvalue weighted by atomic mass is 9.97. The Kier molecular flexibility index (Phi) is 6.26. The fourth-order valence-electron chi connectivity index (χ4n) is 4.45. The fourth-order valence-corrected chi connectivity index (χ4v) is 7.22. The van der Waals surface area contributed by atoms with Gasteiger partial charge < -0.3 is 0 Å². The first kappa shape index (κ1) is 24.1. The number of nitro benzene ring substituents is 2. The van der Waals surface area contributed by atoms with Crippen LogP contribution in [-0.2, 0) is 0 Å². The maximum atomic E-state index is 11.3. The molecule has 0 N–H and O–H groups in total. The number of para-hydroxylation sites is 2. The van der Waals surface area contributed by atoms with E-state index in [-0.39, 0.29) is 21.9 Å². The number of aliphatic imine (C=N–C) groups is 2. The summed E-state index contributed by atoms with van der Waals surface area (Å²) in [6.07, 6.45) is 0. The lowest BCUT2D eigenvalue weighted by Gasteiger charge is -2.34. The smallest absolute Gasteiger partial charge is 0.258 e. The van der Waals surface area contributed by atoms with E-state index in [2.05, 4.69) is 0 Å². The highest BCUT2D eigenvalue weighted by atomic mass is 32.2. The van der Waals surface area contributed by atoms with Crippen LogP contribution in [0.3, 0.4) is 0 Å². The Bertz CT molecular complexity index is 1510. The van der Waals surface area contributed by atoms with E-state index in [1.54, 1.807) is 47.8 Å². The van der Waals surface area contributed by atoms with Gasteiger partial charge in [-0.1, -0.05) is 24.3 Å². The predicted octanol–water partition coefficient (Wildman–Crippen LogP) is 7.39. The van der Waals surface area contributed by atoms with Crippen LogP contribution in [0.4, 0.5) is 22.7 Å². The summed E-state index contributed by atoms with van der Waals surface area (Å²) in [5, 5.41) is 22.1. The van der Waals surface area contributed by atoms with Gasteiger partial charge in [-0.25, -0.2) is 0 Å². The summed E-state index contributed by atoms with van der Waals surface area (Å²) >= 11 is 3.37. The Labute approximate surface area is 225 Å². The number of rotatable bonds is 5. The van der Waals surface area contributed by atoms with Gasteiger partial charge in [0, 0.05) is 34.1 Å². The molecule has 2 aliphatic heterocycles. The molecule has 0 bridgehead atoms. The van der Waals surface area contributed by atoms with Gasteiger partial charge in [0.05, 0.1) is 43.1 Å². The van der Waals surface area contributed by atoms with Crippen LogP contribution in [0.5, 0.6) is 0 Å². The van der Waals surface area contributed by atoms with E-state index >= 15 is 0 Å². The molecule has 4 aromatic carbocycles.